The van der Waals surface area contributed by atoms with Gasteiger partial charge in [0.1, 0.15) is 29.8 Å². The van der Waals surface area contributed by atoms with Crippen LogP contribution < -0.4 is 9.47 Å². The first-order valence-corrected chi connectivity index (χ1v) is 18.2. The van der Waals surface area contributed by atoms with Gasteiger partial charge in [0.2, 0.25) is 0 Å². The largest absolute Gasteiger partial charge is 0.494 e. The van der Waals surface area contributed by atoms with Crippen LogP contribution in [0.1, 0.15) is 55.5 Å². The molecule has 0 N–H and O–H groups in total. The third kappa shape index (κ3) is 11.4. The van der Waals surface area contributed by atoms with Gasteiger partial charge in [0.15, 0.2) is 0 Å². The number of likely N-dealkylation sites (tertiary alicyclic amines) is 1. The van der Waals surface area contributed by atoms with Gasteiger partial charge in [-0.05, 0) is 90.9 Å². The van der Waals surface area contributed by atoms with Gasteiger partial charge in [-0.1, -0.05) is 36.4 Å². The van der Waals surface area contributed by atoms with Crippen molar-refractivity contribution in [2.45, 2.75) is 70.6 Å². The molecule has 1 amide bonds. The van der Waals surface area contributed by atoms with Crippen LogP contribution in [0.3, 0.4) is 0 Å². The van der Waals surface area contributed by atoms with E-state index < -0.39 is 5.60 Å². The van der Waals surface area contributed by atoms with Crippen LogP contribution in [0.25, 0.3) is 10.8 Å². The Morgan fingerprint density at radius 2 is 1.70 bits per heavy atom. The quantitative estimate of drug-likeness (QED) is 0.102. The van der Waals surface area contributed by atoms with Gasteiger partial charge >= 0.3 is 6.09 Å². The molecule has 1 fully saturated rings. The number of ether oxygens (including phenoxy) is 7. The molecule has 1 aliphatic heterocycles. The fraction of sp³-hybridized carbons (Fsp3) is 0.475. The van der Waals surface area contributed by atoms with Gasteiger partial charge in [0.05, 0.1) is 45.7 Å². The predicted octanol–water partition coefficient (Wildman–Crippen LogP) is 8.24. The summed E-state index contributed by atoms with van der Waals surface area (Å²) in [4.78, 5) is 16.1. The van der Waals surface area contributed by atoms with Gasteiger partial charge in [-0.15, -0.1) is 11.3 Å². The summed E-state index contributed by atoms with van der Waals surface area (Å²) in [5, 5.41) is 4.23. The topological polar surface area (TPSA) is 84.9 Å². The highest BCUT2D eigenvalue weighted by atomic mass is 32.1. The number of benzene rings is 3. The van der Waals surface area contributed by atoms with Crippen LogP contribution in [-0.2, 0) is 36.9 Å². The Morgan fingerprint density at radius 1 is 0.900 bits per heavy atom. The van der Waals surface area contributed by atoms with Crippen LogP contribution in [0, 0.1) is 0 Å². The Hall–Kier alpha value is -3.67. The summed E-state index contributed by atoms with van der Waals surface area (Å²) >= 11 is 1.71. The molecule has 0 spiro atoms. The second-order valence-corrected chi connectivity index (χ2v) is 14.6. The Bertz CT molecular complexity index is 1600. The first-order chi connectivity index (χ1) is 24.2. The monoisotopic (exact) mass is 705 g/mol. The fourth-order valence-corrected chi connectivity index (χ4v) is 6.55. The zero-order valence-corrected chi connectivity index (χ0v) is 30.7. The smallest absolute Gasteiger partial charge is 0.410 e. The van der Waals surface area contributed by atoms with E-state index in [4.69, 9.17) is 33.2 Å². The molecule has 3 aromatic carbocycles. The van der Waals surface area contributed by atoms with Crippen LogP contribution in [0.4, 0.5) is 4.79 Å². The van der Waals surface area contributed by atoms with Crippen molar-refractivity contribution in [2.24, 2.45) is 0 Å². The number of fused-ring (bicyclic) bond motifs is 1. The number of carbonyl (C=O) groups excluding carboxylic acids is 1. The summed E-state index contributed by atoms with van der Waals surface area (Å²) < 4.78 is 40.8. The molecule has 9 nitrogen and oxygen atoms in total. The van der Waals surface area contributed by atoms with Gasteiger partial charge in [-0.3, -0.25) is 0 Å². The van der Waals surface area contributed by atoms with Gasteiger partial charge in [0, 0.05) is 38.0 Å². The van der Waals surface area contributed by atoms with Crippen LogP contribution in [0.15, 0.2) is 78.2 Å². The fourth-order valence-electron chi connectivity index (χ4n) is 5.91. The number of amides is 1. The maximum absolute atomic E-state index is 13.1. The number of piperidine rings is 1. The van der Waals surface area contributed by atoms with Crippen molar-refractivity contribution in [1.82, 2.24) is 4.90 Å². The van der Waals surface area contributed by atoms with E-state index in [1.165, 1.54) is 4.88 Å². The normalized spacial score (nSPS) is 17.1. The number of nitrogens with zero attached hydrogens (tertiary/aromatic N) is 1. The summed E-state index contributed by atoms with van der Waals surface area (Å²) in [6.45, 7) is 9.85. The Balaban J connectivity index is 1.21. The van der Waals surface area contributed by atoms with E-state index in [9.17, 15) is 4.79 Å². The summed E-state index contributed by atoms with van der Waals surface area (Å²) in [7, 11) is 3.30. The van der Waals surface area contributed by atoms with E-state index in [0.29, 0.717) is 52.7 Å². The minimum Gasteiger partial charge on any atom is -0.494 e. The number of hydrogen-bond acceptors (Lipinski definition) is 9. The molecular weight excluding hydrogens is 655 g/mol. The second kappa shape index (κ2) is 18.5. The number of carbonyl (C=O) groups is 1. The zero-order chi connectivity index (χ0) is 35.3. The highest BCUT2D eigenvalue weighted by molar-refractivity contribution is 7.09. The van der Waals surface area contributed by atoms with Gasteiger partial charge in [0.25, 0.3) is 0 Å². The summed E-state index contributed by atoms with van der Waals surface area (Å²) in [6, 6.07) is 24.8. The lowest BCUT2D eigenvalue weighted by Gasteiger charge is -2.39. The highest BCUT2D eigenvalue weighted by Crippen LogP contribution is 2.33. The van der Waals surface area contributed by atoms with Gasteiger partial charge in [-0.25, -0.2) is 4.79 Å². The molecule has 2 heterocycles. The minimum absolute atomic E-state index is 0.106. The molecule has 0 radical (unpaired) electrons. The molecule has 270 valence electrons. The van der Waals surface area contributed by atoms with Gasteiger partial charge in [-0.2, -0.15) is 0 Å². The van der Waals surface area contributed by atoms with Crippen LogP contribution >= 0.6 is 11.3 Å². The van der Waals surface area contributed by atoms with E-state index in [2.05, 4.69) is 47.8 Å². The van der Waals surface area contributed by atoms with Crippen molar-refractivity contribution in [3.8, 4) is 11.5 Å². The number of methoxy groups -OCH3 is 2. The molecule has 50 heavy (non-hydrogen) atoms. The van der Waals surface area contributed by atoms with Crippen molar-refractivity contribution in [3.63, 3.8) is 0 Å². The Morgan fingerprint density at radius 3 is 2.44 bits per heavy atom. The lowest BCUT2D eigenvalue weighted by Crippen LogP contribution is -2.48. The molecule has 10 heteroatoms. The van der Waals surface area contributed by atoms with Crippen molar-refractivity contribution < 1.29 is 38.0 Å². The maximum atomic E-state index is 13.1. The van der Waals surface area contributed by atoms with E-state index >= 15 is 0 Å². The third-order valence-corrected chi connectivity index (χ3v) is 9.36. The lowest BCUT2D eigenvalue weighted by molar-refractivity contribution is -0.0359. The maximum Gasteiger partial charge on any atom is 0.410 e. The minimum atomic E-state index is -0.571. The van der Waals surface area contributed by atoms with E-state index in [1.54, 1.807) is 30.5 Å². The average Bonchev–Trinajstić information content (AvgIpc) is 3.63. The predicted molar refractivity (Wildman–Crippen MR) is 196 cm³/mol. The molecule has 1 aromatic heterocycles. The first kappa shape index (κ1) is 37.6. The van der Waals surface area contributed by atoms with Gasteiger partial charge < -0.3 is 38.1 Å². The second-order valence-electron chi connectivity index (χ2n) is 13.5. The highest BCUT2D eigenvalue weighted by Gasteiger charge is 2.35. The summed E-state index contributed by atoms with van der Waals surface area (Å²) in [5.74, 6) is 1.70. The molecule has 3 unspecified atom stereocenters. The van der Waals surface area contributed by atoms with E-state index in [-0.39, 0.29) is 24.2 Å². The van der Waals surface area contributed by atoms with E-state index in [1.807, 2.05) is 51.1 Å². The molecule has 4 aromatic rings. The number of rotatable bonds is 17. The van der Waals surface area contributed by atoms with Crippen molar-refractivity contribution >= 4 is 28.2 Å². The van der Waals surface area contributed by atoms with E-state index in [0.717, 1.165) is 46.2 Å². The summed E-state index contributed by atoms with van der Waals surface area (Å²) in [6.07, 6.45) is 0.899. The Labute approximate surface area is 300 Å². The molecule has 3 atom stereocenters. The summed E-state index contributed by atoms with van der Waals surface area (Å²) in [5.41, 5.74) is 1.63. The van der Waals surface area contributed by atoms with Crippen LogP contribution in [0.2, 0.25) is 0 Å². The molecule has 5 rings (SSSR count). The van der Waals surface area contributed by atoms with Crippen molar-refractivity contribution in [3.05, 3.63) is 94.2 Å². The molecule has 1 aliphatic rings. The molecule has 1 saturated heterocycles. The first-order valence-electron chi connectivity index (χ1n) is 17.3. The molecular formula is C40H51NO8S. The SMILES string of the molecule is COCC(COc1ccc2ccc(COC3CN(C(=O)OC(C)(C)C)CCC3c3ccc(OCCCOCc4cccs4)cc3)cc2c1)OC. The molecule has 0 saturated carbocycles. The van der Waals surface area contributed by atoms with Crippen molar-refractivity contribution in [2.75, 3.05) is 53.7 Å². The lowest BCUT2D eigenvalue weighted by atomic mass is 9.87. The zero-order valence-electron chi connectivity index (χ0n) is 29.9. The van der Waals surface area contributed by atoms with Crippen LogP contribution in [-0.4, -0.2) is 82.5 Å². The average molecular weight is 706 g/mol. The number of thiophene rings is 1. The van der Waals surface area contributed by atoms with Crippen molar-refractivity contribution in [1.29, 1.82) is 0 Å². The molecule has 0 aliphatic carbocycles. The van der Waals surface area contributed by atoms with Crippen LogP contribution in [0.5, 0.6) is 11.5 Å². The Kier molecular flexibility index (Phi) is 13.9. The molecule has 0 bridgehead atoms. The third-order valence-electron chi connectivity index (χ3n) is 8.51. The standard InChI is InChI=1S/C40H51NO8S/c1-40(2,3)49-39(42)41-18-17-37(31-12-14-33(15-13-31)46-20-7-19-45-28-36-8-6-21-50-36)38(24-41)48-25-29-9-10-30-11-16-34(23-32(30)22-29)47-27-35(44-5)26-43-4/h6,8-16,21-23,35,37-38H,7,17-20,24-28H2,1-5H3. The number of hydrogen-bond donors (Lipinski definition) is 0.